The molecule has 4 nitrogen and oxygen atoms in total. The van der Waals surface area contributed by atoms with Crippen molar-refractivity contribution in [1.82, 2.24) is 4.90 Å². The summed E-state index contributed by atoms with van der Waals surface area (Å²) in [6.45, 7) is 7.80. The molecule has 0 bridgehead atoms. The minimum atomic E-state index is -0.486. The van der Waals surface area contributed by atoms with Crippen LogP contribution in [-0.4, -0.2) is 45.8 Å². The molecule has 1 N–H and O–H groups in total. The number of carbonyl (C=O) groups is 1. The molecule has 0 fully saturated rings. The number of rotatable bonds is 7. The summed E-state index contributed by atoms with van der Waals surface area (Å²) in [5.74, 6) is 0.122. The van der Waals surface area contributed by atoms with Crippen LogP contribution in [0, 0.1) is 5.92 Å². The lowest BCUT2D eigenvalue weighted by Gasteiger charge is -2.34. The number of aliphatic hydroxyl groups excluding tert-OH is 1. The first kappa shape index (κ1) is 19.0. The van der Waals surface area contributed by atoms with Crippen molar-refractivity contribution in [1.29, 1.82) is 0 Å². The number of amides is 1. The van der Waals surface area contributed by atoms with E-state index in [2.05, 4.69) is 29.5 Å². The smallest absolute Gasteiger partial charge is 0.410 e. The normalized spacial score (nSPS) is 14.9. The molecule has 0 saturated carbocycles. The molecular formula is C14H28INO3. The van der Waals surface area contributed by atoms with Crippen LogP contribution >= 0.6 is 22.6 Å². The highest BCUT2D eigenvalue weighted by molar-refractivity contribution is 14.1. The second-order valence-corrected chi connectivity index (χ2v) is 6.95. The van der Waals surface area contributed by atoms with Gasteiger partial charge in [0, 0.05) is 30.0 Å². The van der Waals surface area contributed by atoms with Crippen LogP contribution in [0.5, 0.6) is 0 Å². The van der Waals surface area contributed by atoms with Crippen LogP contribution < -0.4 is 0 Å². The molecule has 0 radical (unpaired) electrons. The van der Waals surface area contributed by atoms with Gasteiger partial charge in [-0.25, -0.2) is 4.79 Å². The first-order valence-electron chi connectivity index (χ1n) is 6.89. The molecule has 5 heteroatoms. The topological polar surface area (TPSA) is 49.8 Å². The second kappa shape index (κ2) is 9.00. The molecule has 0 spiro atoms. The van der Waals surface area contributed by atoms with Gasteiger partial charge < -0.3 is 14.7 Å². The van der Waals surface area contributed by atoms with Crippen LogP contribution in [0.3, 0.4) is 0 Å². The van der Waals surface area contributed by atoms with Gasteiger partial charge in [0.25, 0.3) is 0 Å². The minimum Gasteiger partial charge on any atom is -0.444 e. The Balaban J connectivity index is 4.80. The summed E-state index contributed by atoms with van der Waals surface area (Å²) in [6.07, 6.45) is 2.49. The van der Waals surface area contributed by atoms with Crippen LogP contribution in [0.15, 0.2) is 0 Å². The SMILES string of the molecule is CCCC(CO)C(CCI)N(C)C(=O)OC(C)(C)C. The Bertz CT molecular complexity index is 266. The Hall–Kier alpha value is -0.0400. The van der Waals surface area contributed by atoms with E-state index in [-0.39, 0.29) is 24.7 Å². The molecule has 0 aliphatic carbocycles. The van der Waals surface area contributed by atoms with Gasteiger partial charge in [-0.05, 0) is 33.6 Å². The predicted octanol–water partition coefficient (Wildman–Crippen LogP) is 3.46. The molecule has 0 rings (SSSR count). The van der Waals surface area contributed by atoms with E-state index >= 15 is 0 Å². The zero-order valence-electron chi connectivity index (χ0n) is 12.8. The molecule has 0 aromatic heterocycles. The number of aliphatic hydroxyl groups is 1. The van der Waals surface area contributed by atoms with Gasteiger partial charge in [-0.1, -0.05) is 35.9 Å². The Morgan fingerprint density at radius 1 is 1.37 bits per heavy atom. The molecule has 0 aliphatic rings. The first-order chi connectivity index (χ1) is 8.76. The van der Waals surface area contributed by atoms with Gasteiger partial charge >= 0.3 is 6.09 Å². The zero-order chi connectivity index (χ0) is 15.1. The fraction of sp³-hybridized carbons (Fsp3) is 0.929. The van der Waals surface area contributed by atoms with E-state index in [4.69, 9.17) is 4.74 Å². The average molecular weight is 385 g/mol. The number of hydrogen-bond acceptors (Lipinski definition) is 3. The van der Waals surface area contributed by atoms with E-state index in [0.29, 0.717) is 0 Å². The van der Waals surface area contributed by atoms with Crippen molar-refractivity contribution >= 4 is 28.7 Å². The number of hydrogen-bond donors (Lipinski definition) is 1. The van der Waals surface area contributed by atoms with Gasteiger partial charge in [0.2, 0.25) is 0 Å². The molecule has 0 saturated heterocycles. The van der Waals surface area contributed by atoms with Gasteiger partial charge in [0.15, 0.2) is 0 Å². The Kier molecular flexibility index (Phi) is 8.98. The number of nitrogens with zero attached hydrogens (tertiary/aromatic N) is 1. The Labute approximate surface area is 131 Å². The van der Waals surface area contributed by atoms with Crippen molar-refractivity contribution in [2.24, 2.45) is 5.92 Å². The lowest BCUT2D eigenvalue weighted by molar-refractivity contribution is 0.0113. The number of carbonyl (C=O) groups excluding carboxylic acids is 1. The van der Waals surface area contributed by atoms with Gasteiger partial charge in [0.1, 0.15) is 5.60 Å². The van der Waals surface area contributed by atoms with Crippen LogP contribution in [-0.2, 0) is 4.74 Å². The predicted molar refractivity (Wildman–Crippen MR) is 86.8 cm³/mol. The Morgan fingerprint density at radius 3 is 2.32 bits per heavy atom. The van der Waals surface area contributed by atoms with E-state index in [0.717, 1.165) is 23.7 Å². The van der Waals surface area contributed by atoms with Crippen molar-refractivity contribution in [2.75, 3.05) is 18.1 Å². The van der Waals surface area contributed by atoms with Crippen LogP contribution in [0.25, 0.3) is 0 Å². The molecule has 0 aliphatic heterocycles. The Morgan fingerprint density at radius 2 is 1.95 bits per heavy atom. The van der Waals surface area contributed by atoms with Gasteiger partial charge in [-0.3, -0.25) is 0 Å². The third-order valence-corrected chi connectivity index (χ3v) is 3.64. The molecule has 114 valence electrons. The summed E-state index contributed by atoms with van der Waals surface area (Å²) < 4.78 is 6.36. The summed E-state index contributed by atoms with van der Waals surface area (Å²) in [5.41, 5.74) is -0.486. The van der Waals surface area contributed by atoms with E-state index in [1.54, 1.807) is 11.9 Å². The van der Waals surface area contributed by atoms with Crippen molar-refractivity contribution < 1.29 is 14.6 Å². The van der Waals surface area contributed by atoms with Crippen LogP contribution in [0.2, 0.25) is 0 Å². The summed E-state index contributed by atoms with van der Waals surface area (Å²) in [6, 6.07) is 0.0386. The average Bonchev–Trinajstić information content (AvgIpc) is 2.30. The summed E-state index contributed by atoms with van der Waals surface area (Å²) in [7, 11) is 1.77. The van der Waals surface area contributed by atoms with Crippen molar-refractivity contribution in [3.05, 3.63) is 0 Å². The van der Waals surface area contributed by atoms with Gasteiger partial charge in [-0.15, -0.1) is 0 Å². The summed E-state index contributed by atoms with van der Waals surface area (Å²) in [5, 5.41) is 9.54. The third kappa shape index (κ3) is 7.34. The monoisotopic (exact) mass is 385 g/mol. The lowest BCUT2D eigenvalue weighted by atomic mass is 9.93. The quantitative estimate of drug-likeness (QED) is 0.540. The second-order valence-electron chi connectivity index (χ2n) is 5.87. The number of ether oxygens (including phenoxy) is 1. The van der Waals surface area contributed by atoms with E-state index in [9.17, 15) is 9.90 Å². The van der Waals surface area contributed by atoms with E-state index in [1.807, 2.05) is 20.8 Å². The van der Waals surface area contributed by atoms with E-state index < -0.39 is 5.60 Å². The molecule has 0 aromatic rings. The van der Waals surface area contributed by atoms with Crippen LogP contribution in [0.1, 0.15) is 47.0 Å². The van der Waals surface area contributed by atoms with Gasteiger partial charge in [-0.2, -0.15) is 0 Å². The number of halogens is 1. The molecule has 0 heterocycles. The highest BCUT2D eigenvalue weighted by Crippen LogP contribution is 2.22. The molecule has 2 unspecified atom stereocenters. The molecule has 0 aromatic carbocycles. The standard InChI is InChI=1S/C14H28INO3/c1-6-7-11(10-17)12(8-9-15)16(5)13(18)19-14(2,3)4/h11-12,17H,6-10H2,1-5H3. The molecule has 2 atom stereocenters. The highest BCUT2D eigenvalue weighted by Gasteiger charge is 2.29. The van der Waals surface area contributed by atoms with Crippen molar-refractivity contribution in [3.8, 4) is 0 Å². The maximum atomic E-state index is 12.1. The number of alkyl halides is 1. The molecule has 1 amide bonds. The van der Waals surface area contributed by atoms with Gasteiger partial charge in [0.05, 0.1) is 0 Å². The first-order valence-corrected chi connectivity index (χ1v) is 8.42. The third-order valence-electron chi connectivity index (χ3n) is 3.02. The zero-order valence-corrected chi connectivity index (χ0v) is 14.9. The summed E-state index contributed by atoms with van der Waals surface area (Å²) in [4.78, 5) is 13.8. The van der Waals surface area contributed by atoms with Crippen molar-refractivity contribution in [3.63, 3.8) is 0 Å². The highest BCUT2D eigenvalue weighted by atomic mass is 127. The van der Waals surface area contributed by atoms with Crippen molar-refractivity contribution in [2.45, 2.75) is 58.6 Å². The lowest BCUT2D eigenvalue weighted by Crippen LogP contribution is -2.45. The molecular weight excluding hydrogens is 357 g/mol. The van der Waals surface area contributed by atoms with Crippen LogP contribution in [0.4, 0.5) is 4.79 Å². The van der Waals surface area contributed by atoms with E-state index in [1.165, 1.54) is 0 Å². The fourth-order valence-corrected chi connectivity index (χ4v) is 2.74. The maximum Gasteiger partial charge on any atom is 0.410 e. The molecule has 19 heavy (non-hydrogen) atoms. The summed E-state index contributed by atoms with van der Waals surface area (Å²) >= 11 is 2.31. The largest absolute Gasteiger partial charge is 0.444 e. The maximum absolute atomic E-state index is 12.1. The fourth-order valence-electron chi connectivity index (χ4n) is 2.10. The minimum absolute atomic E-state index is 0.0386.